The van der Waals surface area contributed by atoms with Crippen LogP contribution in [0.2, 0.25) is 0 Å². The molecule has 0 atom stereocenters. The van der Waals surface area contributed by atoms with Crippen LogP contribution in [0.4, 0.5) is 4.79 Å². The van der Waals surface area contributed by atoms with Crippen LogP contribution in [0.5, 0.6) is 0 Å². The summed E-state index contributed by atoms with van der Waals surface area (Å²) in [4.78, 5) is 33.5. The van der Waals surface area contributed by atoms with E-state index in [0.29, 0.717) is 19.7 Å². The number of urea groups is 1. The molecule has 0 spiro atoms. The van der Waals surface area contributed by atoms with Crippen LogP contribution in [-0.2, 0) is 14.3 Å². The average Bonchev–Trinajstić information content (AvgIpc) is 2.35. The fourth-order valence-electron chi connectivity index (χ4n) is 1.22. The monoisotopic (exact) mass is 273 g/mol. The molecule has 0 saturated carbocycles. The number of amides is 3. The summed E-state index contributed by atoms with van der Waals surface area (Å²) in [5.74, 6) is -0.745. The standard InChI is InChI=1S/C12H23N3O4/c1-3-5-7-14-12(18)15-10(16)9-13-8-6-11(17)19-4-2/h13H,3-9H2,1-2H3,(H2,14,15,16,18). The lowest BCUT2D eigenvalue weighted by atomic mass is 10.3. The van der Waals surface area contributed by atoms with Gasteiger partial charge in [0.05, 0.1) is 19.6 Å². The maximum absolute atomic E-state index is 11.3. The summed E-state index contributed by atoms with van der Waals surface area (Å²) >= 11 is 0. The second kappa shape index (κ2) is 11.5. The van der Waals surface area contributed by atoms with Crippen LogP contribution in [0.25, 0.3) is 0 Å². The first-order valence-electron chi connectivity index (χ1n) is 6.54. The molecule has 0 heterocycles. The lowest BCUT2D eigenvalue weighted by Crippen LogP contribution is -2.43. The molecule has 0 aliphatic rings. The fraction of sp³-hybridized carbons (Fsp3) is 0.750. The minimum atomic E-state index is -0.495. The molecule has 7 heteroatoms. The van der Waals surface area contributed by atoms with Crippen molar-refractivity contribution in [1.82, 2.24) is 16.0 Å². The van der Waals surface area contributed by atoms with Crippen LogP contribution in [-0.4, -0.2) is 44.1 Å². The Balaban J connectivity index is 3.53. The van der Waals surface area contributed by atoms with Gasteiger partial charge in [-0.25, -0.2) is 4.79 Å². The van der Waals surface area contributed by atoms with Crippen LogP contribution >= 0.6 is 0 Å². The number of carbonyl (C=O) groups is 3. The average molecular weight is 273 g/mol. The van der Waals surface area contributed by atoms with E-state index in [0.717, 1.165) is 12.8 Å². The van der Waals surface area contributed by atoms with Crippen LogP contribution in [0, 0.1) is 0 Å². The highest BCUT2D eigenvalue weighted by Crippen LogP contribution is 1.84. The summed E-state index contributed by atoms with van der Waals surface area (Å²) in [5, 5.41) is 7.51. The highest BCUT2D eigenvalue weighted by Gasteiger charge is 2.07. The molecule has 3 N–H and O–H groups in total. The predicted octanol–water partition coefficient (Wildman–Crippen LogP) is 0.155. The van der Waals surface area contributed by atoms with Crippen molar-refractivity contribution in [2.24, 2.45) is 0 Å². The topological polar surface area (TPSA) is 96.5 Å². The van der Waals surface area contributed by atoms with Crippen molar-refractivity contribution in [2.45, 2.75) is 33.1 Å². The molecule has 0 aromatic carbocycles. The molecule has 0 radical (unpaired) electrons. The zero-order valence-corrected chi connectivity index (χ0v) is 11.6. The summed E-state index contributed by atoms with van der Waals surface area (Å²) in [6, 6.07) is -0.495. The van der Waals surface area contributed by atoms with Crippen molar-refractivity contribution >= 4 is 17.9 Å². The van der Waals surface area contributed by atoms with E-state index in [9.17, 15) is 14.4 Å². The third-order valence-electron chi connectivity index (χ3n) is 2.17. The van der Waals surface area contributed by atoms with Crippen LogP contribution < -0.4 is 16.0 Å². The molecule has 19 heavy (non-hydrogen) atoms. The zero-order chi connectivity index (χ0) is 14.5. The van der Waals surface area contributed by atoms with Gasteiger partial charge >= 0.3 is 12.0 Å². The molecule has 7 nitrogen and oxygen atoms in total. The Hall–Kier alpha value is -1.63. The molecule has 110 valence electrons. The molecule has 0 aliphatic heterocycles. The third kappa shape index (κ3) is 11.2. The zero-order valence-electron chi connectivity index (χ0n) is 11.6. The molecule has 0 rings (SSSR count). The Labute approximate surface area is 113 Å². The smallest absolute Gasteiger partial charge is 0.321 e. The SMILES string of the molecule is CCCCNC(=O)NC(=O)CNCCC(=O)OCC. The minimum Gasteiger partial charge on any atom is -0.466 e. The number of esters is 1. The largest absolute Gasteiger partial charge is 0.466 e. The molecule has 0 unspecified atom stereocenters. The maximum Gasteiger partial charge on any atom is 0.321 e. The number of imide groups is 1. The number of unbranched alkanes of at least 4 members (excludes halogenated alkanes) is 1. The van der Waals surface area contributed by atoms with Gasteiger partial charge in [-0.1, -0.05) is 13.3 Å². The first-order valence-corrected chi connectivity index (χ1v) is 6.54. The Morgan fingerprint density at radius 1 is 1.11 bits per heavy atom. The van der Waals surface area contributed by atoms with Gasteiger partial charge in [-0.3, -0.25) is 14.9 Å². The van der Waals surface area contributed by atoms with Gasteiger partial charge in [0, 0.05) is 13.1 Å². The highest BCUT2D eigenvalue weighted by atomic mass is 16.5. The van der Waals surface area contributed by atoms with Crippen molar-refractivity contribution < 1.29 is 19.1 Å². The van der Waals surface area contributed by atoms with Crippen molar-refractivity contribution in [3.05, 3.63) is 0 Å². The quantitative estimate of drug-likeness (QED) is 0.410. The molecular formula is C12H23N3O4. The molecule has 0 aliphatic carbocycles. The number of nitrogens with one attached hydrogen (secondary N) is 3. The Kier molecular flexibility index (Phi) is 10.5. The van der Waals surface area contributed by atoms with Crippen molar-refractivity contribution in [3.63, 3.8) is 0 Å². The lowest BCUT2D eigenvalue weighted by molar-refractivity contribution is -0.143. The normalized spacial score (nSPS) is 9.79. The second-order valence-electron chi connectivity index (χ2n) is 3.89. The summed E-state index contributed by atoms with van der Waals surface area (Å²) in [7, 11) is 0. The van der Waals surface area contributed by atoms with Gasteiger partial charge in [0.2, 0.25) is 5.91 Å². The van der Waals surface area contributed by atoms with Gasteiger partial charge in [0.1, 0.15) is 0 Å². The van der Waals surface area contributed by atoms with E-state index in [1.165, 1.54) is 0 Å². The van der Waals surface area contributed by atoms with E-state index >= 15 is 0 Å². The van der Waals surface area contributed by atoms with Gasteiger partial charge < -0.3 is 15.4 Å². The summed E-state index contributed by atoms with van der Waals surface area (Å²) < 4.78 is 4.72. The Morgan fingerprint density at radius 3 is 2.47 bits per heavy atom. The van der Waals surface area contributed by atoms with Gasteiger partial charge in [-0.15, -0.1) is 0 Å². The van der Waals surface area contributed by atoms with Gasteiger partial charge in [0.25, 0.3) is 0 Å². The van der Waals surface area contributed by atoms with Crippen molar-refractivity contribution in [2.75, 3.05) is 26.2 Å². The number of rotatable bonds is 9. The van der Waals surface area contributed by atoms with E-state index in [4.69, 9.17) is 4.74 Å². The summed E-state index contributed by atoms with van der Waals surface area (Å²) in [5.41, 5.74) is 0. The summed E-state index contributed by atoms with van der Waals surface area (Å²) in [6.45, 7) is 4.96. The molecule has 0 aromatic heterocycles. The van der Waals surface area contributed by atoms with E-state index in [1.54, 1.807) is 6.92 Å². The molecule has 0 fully saturated rings. The number of ether oxygens (including phenoxy) is 1. The first kappa shape index (κ1) is 17.4. The lowest BCUT2D eigenvalue weighted by Gasteiger charge is -2.07. The Bertz CT molecular complexity index is 295. The van der Waals surface area contributed by atoms with Gasteiger partial charge in [-0.05, 0) is 13.3 Å². The third-order valence-corrected chi connectivity index (χ3v) is 2.17. The number of hydrogen-bond acceptors (Lipinski definition) is 5. The molecule has 0 aromatic rings. The Morgan fingerprint density at radius 2 is 1.84 bits per heavy atom. The fourth-order valence-corrected chi connectivity index (χ4v) is 1.22. The van der Waals surface area contributed by atoms with Gasteiger partial charge in [0.15, 0.2) is 0 Å². The minimum absolute atomic E-state index is 0.0133. The van der Waals surface area contributed by atoms with Crippen molar-refractivity contribution in [1.29, 1.82) is 0 Å². The molecule has 0 saturated heterocycles. The first-order chi connectivity index (χ1) is 9.10. The molecular weight excluding hydrogens is 250 g/mol. The van der Waals surface area contributed by atoms with E-state index in [2.05, 4.69) is 16.0 Å². The van der Waals surface area contributed by atoms with E-state index in [1.807, 2.05) is 6.92 Å². The van der Waals surface area contributed by atoms with Gasteiger partial charge in [-0.2, -0.15) is 0 Å². The highest BCUT2D eigenvalue weighted by molar-refractivity contribution is 5.95. The van der Waals surface area contributed by atoms with Crippen LogP contribution in [0.1, 0.15) is 33.1 Å². The van der Waals surface area contributed by atoms with Crippen LogP contribution in [0.15, 0.2) is 0 Å². The summed E-state index contributed by atoms with van der Waals surface area (Å²) in [6.07, 6.45) is 2.05. The molecule has 3 amide bonds. The van der Waals surface area contributed by atoms with E-state index in [-0.39, 0.29) is 18.9 Å². The number of hydrogen-bond donors (Lipinski definition) is 3. The second-order valence-corrected chi connectivity index (χ2v) is 3.89. The maximum atomic E-state index is 11.3. The molecule has 0 bridgehead atoms. The number of carbonyl (C=O) groups excluding carboxylic acids is 3. The van der Waals surface area contributed by atoms with Crippen molar-refractivity contribution in [3.8, 4) is 0 Å². The predicted molar refractivity (Wildman–Crippen MR) is 70.6 cm³/mol. The van der Waals surface area contributed by atoms with E-state index < -0.39 is 11.9 Å². The van der Waals surface area contributed by atoms with Crippen LogP contribution in [0.3, 0.4) is 0 Å².